The van der Waals surface area contributed by atoms with Crippen molar-refractivity contribution in [1.29, 1.82) is 0 Å². The molecule has 78 heavy (non-hydrogen) atoms. The Labute approximate surface area is 468 Å². The Kier molecular flexibility index (Phi) is 17.7. The lowest BCUT2D eigenvalue weighted by molar-refractivity contribution is -0.176. The summed E-state index contributed by atoms with van der Waals surface area (Å²) in [5, 5.41) is 57.4. The zero-order valence-corrected chi connectivity index (χ0v) is 51.1. The van der Waals surface area contributed by atoms with Gasteiger partial charge in [-0.05, 0) is 179 Å². The van der Waals surface area contributed by atoms with Gasteiger partial charge in [0.2, 0.25) is 0 Å². The molecule has 0 unspecified atom stereocenters. The van der Waals surface area contributed by atoms with Crippen LogP contribution in [0.2, 0.25) is 0 Å². The molecule has 0 saturated heterocycles. The first-order valence-corrected chi connectivity index (χ1v) is 30.9. The Morgan fingerprint density at radius 2 is 0.987 bits per heavy atom. The minimum Gasteiger partial charge on any atom is -0.458 e. The number of hydrogen-bond donors (Lipinski definition) is 6. The third-order valence-electron chi connectivity index (χ3n) is 22.6. The van der Waals surface area contributed by atoms with E-state index < -0.39 is 97.7 Å². The van der Waals surface area contributed by atoms with E-state index in [-0.39, 0.29) is 36.1 Å². The highest BCUT2D eigenvalue weighted by atomic mass is 32.3. The second-order valence-corrected chi connectivity index (χ2v) is 29.5. The molecule has 0 aromatic rings. The number of ether oxygens (including phenoxy) is 2. The molecule has 6 N–H and O–H groups in total. The van der Waals surface area contributed by atoms with E-state index in [0.717, 1.165) is 73.7 Å². The molecule has 8 aliphatic rings. The highest BCUT2D eigenvalue weighted by molar-refractivity contribution is 7.80. The van der Waals surface area contributed by atoms with Crippen molar-refractivity contribution in [3.63, 3.8) is 0 Å². The normalized spacial score (nSPS) is 40.2. The number of aliphatic hydroxyl groups is 5. The van der Waals surface area contributed by atoms with Gasteiger partial charge in [0.25, 0.3) is 0 Å². The monoisotopic (exact) mass is 1110 g/mol. The number of carbonyl (C=O) groups is 2. The average Bonchev–Trinajstić information content (AvgIpc) is 3.87. The first-order valence-electron chi connectivity index (χ1n) is 29.5. The minimum absolute atomic E-state index is 0.105. The van der Waals surface area contributed by atoms with Crippen molar-refractivity contribution in [2.24, 2.45) is 79.8 Å². The Bertz CT molecular complexity index is 2600. The van der Waals surface area contributed by atoms with Gasteiger partial charge in [-0.25, -0.2) is 4.18 Å². The molecule has 0 aliphatic heterocycles. The van der Waals surface area contributed by atoms with Gasteiger partial charge in [-0.15, -0.1) is 0 Å². The molecule has 440 valence electrons. The molecule has 0 spiro atoms. The summed E-state index contributed by atoms with van der Waals surface area (Å²) in [4.78, 5) is 24.9. The molecule has 0 bridgehead atoms. The van der Waals surface area contributed by atoms with Crippen molar-refractivity contribution in [3.05, 3.63) is 69.9 Å². The van der Waals surface area contributed by atoms with Crippen LogP contribution < -0.4 is 0 Å². The van der Waals surface area contributed by atoms with Gasteiger partial charge in [-0.3, -0.25) is 14.1 Å². The van der Waals surface area contributed by atoms with Gasteiger partial charge in [0.05, 0.1) is 18.3 Å². The zero-order valence-electron chi connectivity index (χ0n) is 50.2. The van der Waals surface area contributed by atoms with E-state index in [2.05, 4.69) is 87.6 Å². The zero-order chi connectivity index (χ0) is 58.5. The fourth-order valence-corrected chi connectivity index (χ4v) is 19.1. The highest BCUT2D eigenvalue weighted by Crippen LogP contribution is 2.69. The van der Waals surface area contributed by atoms with Crippen molar-refractivity contribution < 1.29 is 61.7 Å². The maximum atomic E-state index is 12.5. The fraction of sp³-hybridized carbons (Fsp3) is 0.781. The SMILES string of the molecule is C=C(CC[C@@H](C)[C@H]1CC=C2C3=C([C@@H](O)[C@H](OC(C)=O)[C@@]21C)[C@@]1(C)C[C@@H](O)[C@H](O)C(C)(C)[C@@H]1CC3)C(C)C.C=C(CC[C@@H](C)[C@H]1CC=C2C3=C([C@@H](O)[C@H](OC(C)=O)[C@@]21C)[C@@]1(C)C[C@@H](O)[C@H](OS(=O)(=O)O)C(C)(C)[C@@H]1CC3)C(C)C. The van der Waals surface area contributed by atoms with Crippen LogP contribution in [-0.2, 0) is 33.6 Å². The van der Waals surface area contributed by atoms with E-state index in [0.29, 0.717) is 42.9 Å². The topological polar surface area (TPSA) is 217 Å². The number of carbonyl (C=O) groups excluding carboxylic acids is 2. The second kappa shape index (κ2) is 22.0. The molecular formula is C64H100O13S. The molecule has 14 heteroatoms. The summed E-state index contributed by atoms with van der Waals surface area (Å²) in [6.07, 6.45) is 6.36. The van der Waals surface area contributed by atoms with E-state index in [1.165, 1.54) is 36.1 Å². The summed E-state index contributed by atoms with van der Waals surface area (Å²) in [6, 6.07) is 0. The van der Waals surface area contributed by atoms with E-state index >= 15 is 0 Å². The van der Waals surface area contributed by atoms with Crippen molar-refractivity contribution in [2.45, 2.75) is 237 Å². The lowest BCUT2D eigenvalue weighted by Crippen LogP contribution is -2.63. The predicted molar refractivity (Wildman–Crippen MR) is 303 cm³/mol. The predicted octanol–water partition coefficient (Wildman–Crippen LogP) is 11.3. The minimum atomic E-state index is -4.78. The van der Waals surface area contributed by atoms with E-state index in [1.54, 1.807) is 0 Å². The van der Waals surface area contributed by atoms with Gasteiger partial charge in [0, 0.05) is 24.7 Å². The smallest absolute Gasteiger partial charge is 0.397 e. The summed E-state index contributed by atoms with van der Waals surface area (Å²) in [7, 11) is -4.78. The number of fused-ring (bicyclic) bond motifs is 8. The van der Waals surface area contributed by atoms with Gasteiger partial charge < -0.3 is 35.0 Å². The fourth-order valence-electron chi connectivity index (χ4n) is 18.4. The first-order chi connectivity index (χ1) is 35.8. The average molecular weight is 1110 g/mol. The number of esters is 2. The highest BCUT2D eigenvalue weighted by Gasteiger charge is 2.67. The lowest BCUT2D eigenvalue weighted by Gasteiger charge is -2.62. The number of hydrogen-bond acceptors (Lipinski definition) is 12. The van der Waals surface area contributed by atoms with E-state index in [4.69, 9.17) is 13.7 Å². The molecule has 0 heterocycles. The summed E-state index contributed by atoms with van der Waals surface area (Å²) in [5.41, 5.74) is 5.24. The number of allylic oxidation sites excluding steroid dienone is 6. The largest absolute Gasteiger partial charge is 0.458 e. The molecule has 2 fully saturated rings. The van der Waals surface area contributed by atoms with Crippen LogP contribution >= 0.6 is 0 Å². The van der Waals surface area contributed by atoms with Crippen molar-refractivity contribution in [2.75, 3.05) is 0 Å². The first kappa shape index (κ1) is 62.6. The third-order valence-corrected chi connectivity index (χ3v) is 23.0. The van der Waals surface area contributed by atoms with Gasteiger partial charge >= 0.3 is 22.3 Å². The number of aliphatic hydroxyl groups excluding tert-OH is 5. The Hall–Kier alpha value is -2.95. The van der Waals surface area contributed by atoms with Crippen molar-refractivity contribution >= 4 is 22.3 Å². The van der Waals surface area contributed by atoms with Crippen molar-refractivity contribution in [1.82, 2.24) is 0 Å². The molecule has 2 saturated carbocycles. The van der Waals surface area contributed by atoms with Gasteiger partial charge in [-0.1, -0.05) is 133 Å². The molecule has 0 aromatic carbocycles. The quantitative estimate of drug-likeness (QED) is 0.0543. The van der Waals surface area contributed by atoms with Crippen LogP contribution in [0.5, 0.6) is 0 Å². The molecule has 8 aliphatic carbocycles. The standard InChI is InChI=1S/C32H50O8S.C32H50O5/c1-17(2)18(3)10-11-19(4)22-13-14-23-21-12-15-25-30(6,7)28(40-41(36,37)38)24(34)16-31(25,8)26(21)27(35)29(32(22,23)9)39-20(5)33;1-17(2)18(3)10-11-19(4)22-13-14-23-21-12-15-25-30(6,7)28(36)24(34)16-31(25,8)26(21)27(35)29(32(22,23)9)37-20(5)33/h14,17,19,22,24-25,27-29,34-35H,3,10-13,15-16H2,1-2,4-9H3,(H,36,37,38);14,17,19,22,24-25,27-29,34-36H,3,10-13,15-16H2,1-2,4-9H3/t2*19-,22-,24-,25+,27-,28+,29+,31+,32-/m11/s1. The second-order valence-electron chi connectivity index (χ2n) is 28.5. The molecule has 0 amide bonds. The lowest BCUT2D eigenvalue weighted by atomic mass is 9.45. The summed E-state index contributed by atoms with van der Waals surface area (Å²) in [6.45, 7) is 40.8. The molecule has 8 rings (SSSR count). The maximum absolute atomic E-state index is 12.5. The van der Waals surface area contributed by atoms with Crippen LogP contribution in [0.3, 0.4) is 0 Å². The Balaban J connectivity index is 0.000000227. The van der Waals surface area contributed by atoms with Gasteiger partial charge in [0.1, 0.15) is 30.5 Å². The molecule has 13 nitrogen and oxygen atoms in total. The summed E-state index contributed by atoms with van der Waals surface area (Å²) < 4.78 is 49.9. The maximum Gasteiger partial charge on any atom is 0.397 e. The van der Waals surface area contributed by atoms with Crippen LogP contribution in [0.4, 0.5) is 0 Å². The summed E-state index contributed by atoms with van der Waals surface area (Å²) in [5.74, 6) is 1.08. The van der Waals surface area contributed by atoms with E-state index in [1.807, 2.05) is 34.6 Å². The molecule has 18 atom stereocenters. The van der Waals surface area contributed by atoms with Crippen LogP contribution in [0.1, 0.15) is 188 Å². The Morgan fingerprint density at radius 3 is 1.35 bits per heavy atom. The Morgan fingerprint density at radius 1 is 0.615 bits per heavy atom. The van der Waals surface area contributed by atoms with E-state index in [9.17, 15) is 48.1 Å². The third kappa shape index (κ3) is 10.5. The van der Waals surface area contributed by atoms with Gasteiger partial charge in [-0.2, -0.15) is 8.42 Å². The van der Waals surface area contributed by atoms with Crippen LogP contribution in [-0.4, -0.2) is 99.3 Å². The van der Waals surface area contributed by atoms with Crippen LogP contribution in [0, 0.1) is 79.8 Å². The molecule has 0 aromatic heterocycles. The molecular weight excluding hydrogens is 1010 g/mol. The van der Waals surface area contributed by atoms with Crippen molar-refractivity contribution in [3.8, 4) is 0 Å². The number of rotatable bonds is 14. The summed E-state index contributed by atoms with van der Waals surface area (Å²) >= 11 is 0. The molecule has 0 radical (unpaired) electrons. The van der Waals surface area contributed by atoms with Crippen LogP contribution in [0.15, 0.2) is 69.9 Å². The van der Waals surface area contributed by atoms with Gasteiger partial charge in [0.15, 0.2) is 0 Å². The van der Waals surface area contributed by atoms with Crippen LogP contribution in [0.25, 0.3) is 0 Å².